The quantitative estimate of drug-likeness (QED) is 0.128. The van der Waals surface area contributed by atoms with Crippen LogP contribution in [0, 0.1) is 0 Å². The van der Waals surface area contributed by atoms with Crippen molar-refractivity contribution in [2.75, 3.05) is 0 Å². The molecule has 7 rings (SSSR count). The number of halogens is 6. The van der Waals surface area contributed by atoms with E-state index in [4.69, 9.17) is 9.47 Å². The van der Waals surface area contributed by atoms with Crippen LogP contribution in [-0.2, 0) is 0 Å². The molecule has 0 bridgehead atoms. The third-order valence-corrected chi connectivity index (χ3v) is 11.8. The van der Waals surface area contributed by atoms with Crippen LogP contribution in [0.4, 0.5) is 26.3 Å². The molecule has 3 nitrogen and oxygen atoms in total. The molecule has 2 aromatic heterocycles. The number of ether oxygens (including phenoxy) is 2. The number of hydrogen-bond donors (Lipinski definition) is 0. The molecule has 0 spiro atoms. The molecule has 2 saturated carbocycles. The molecule has 49 heavy (non-hydrogen) atoms. The van der Waals surface area contributed by atoms with Crippen LogP contribution in [0.5, 0.6) is 10.1 Å². The molecule has 0 amide bonds. The Morgan fingerprint density at radius 3 is 1.45 bits per heavy atom. The summed E-state index contributed by atoms with van der Waals surface area (Å²) in [6.07, 6.45) is 7.78. The van der Waals surface area contributed by atoms with E-state index in [-0.39, 0.29) is 22.3 Å². The maximum atomic E-state index is 16.3. The van der Waals surface area contributed by atoms with Crippen molar-refractivity contribution in [3.8, 4) is 31.0 Å². The number of benzene rings is 2. The lowest BCUT2D eigenvalue weighted by molar-refractivity contribution is -0.254. The number of alkyl halides is 6. The molecule has 0 atom stereocenters. The van der Waals surface area contributed by atoms with Gasteiger partial charge in [0, 0.05) is 37.6 Å². The van der Waals surface area contributed by atoms with Crippen molar-refractivity contribution in [1.29, 1.82) is 0 Å². The van der Waals surface area contributed by atoms with Gasteiger partial charge in [0.25, 0.3) is 0 Å². The van der Waals surface area contributed by atoms with Gasteiger partial charge in [0.2, 0.25) is 0 Å². The minimum absolute atomic E-state index is 0.0823. The highest BCUT2D eigenvalue weighted by Gasteiger charge is 2.80. The Hall–Kier alpha value is -3.57. The topological polar surface area (TPSA) is 35.5 Å². The molecule has 2 fully saturated rings. The molecule has 0 saturated heterocycles. The van der Waals surface area contributed by atoms with Crippen LogP contribution in [0.3, 0.4) is 0 Å². The van der Waals surface area contributed by atoms with E-state index in [1.807, 2.05) is 0 Å². The van der Waals surface area contributed by atoms with Crippen LogP contribution in [0.15, 0.2) is 66.7 Å². The molecule has 0 N–H and O–H groups in total. The Labute approximate surface area is 288 Å². The summed E-state index contributed by atoms with van der Waals surface area (Å²) in [4.78, 5) is 12.0. The molecular weight excluding hydrogens is 683 g/mol. The molecule has 11 heteroatoms. The lowest BCUT2D eigenvalue weighted by atomic mass is 9.95. The van der Waals surface area contributed by atoms with E-state index >= 15 is 26.3 Å². The number of hydrogen-bond acceptors (Lipinski definition) is 5. The van der Waals surface area contributed by atoms with Gasteiger partial charge in [0.1, 0.15) is 6.29 Å². The first-order valence-electron chi connectivity index (χ1n) is 16.6. The van der Waals surface area contributed by atoms with E-state index in [0.717, 1.165) is 61.2 Å². The number of rotatable bonds is 9. The maximum absolute atomic E-state index is 16.3. The highest BCUT2D eigenvalue weighted by atomic mass is 32.1. The molecule has 3 aliphatic carbocycles. The summed E-state index contributed by atoms with van der Waals surface area (Å²) >= 11 is 1.94. The van der Waals surface area contributed by atoms with Gasteiger partial charge in [-0.3, -0.25) is 4.79 Å². The second-order valence-corrected chi connectivity index (χ2v) is 15.0. The molecule has 0 radical (unpaired) electrons. The van der Waals surface area contributed by atoms with Crippen LogP contribution in [-0.4, -0.2) is 36.3 Å². The van der Waals surface area contributed by atoms with E-state index in [9.17, 15) is 4.79 Å². The van der Waals surface area contributed by atoms with Gasteiger partial charge in [0.05, 0.1) is 12.2 Å². The molecule has 0 aliphatic heterocycles. The lowest BCUT2D eigenvalue weighted by Crippen LogP contribution is -2.48. The Morgan fingerprint density at radius 2 is 1.02 bits per heavy atom. The largest absolute Gasteiger partial charge is 0.480 e. The van der Waals surface area contributed by atoms with E-state index in [1.165, 1.54) is 24.3 Å². The van der Waals surface area contributed by atoms with Crippen LogP contribution >= 0.6 is 22.7 Å². The van der Waals surface area contributed by atoms with Crippen LogP contribution in [0.1, 0.15) is 85.7 Å². The predicted molar refractivity (Wildman–Crippen MR) is 182 cm³/mol. The van der Waals surface area contributed by atoms with E-state index in [0.29, 0.717) is 58.4 Å². The average Bonchev–Trinajstić information content (AvgIpc) is 3.74. The number of carbonyl (C=O) groups excluding carboxylic acids is 1. The van der Waals surface area contributed by atoms with Gasteiger partial charge >= 0.3 is 17.8 Å². The SMILES string of the molecule is O=Cc1ccc(-c2cc(C3=C(c4cc(-c5ccccc5)sc4OC4CCCCC4)C(F)(F)C(F)(F)C3(F)F)c(OC3CCCCC3)s2)cc1. The fraction of sp³-hybridized carbons (Fsp3) is 0.395. The molecule has 2 heterocycles. The fourth-order valence-electron chi connectivity index (χ4n) is 6.99. The first kappa shape index (κ1) is 33.9. The smallest absolute Gasteiger partial charge is 0.380 e. The molecular formula is C38H34F6O3S2. The maximum Gasteiger partial charge on any atom is 0.380 e. The van der Waals surface area contributed by atoms with E-state index in [1.54, 1.807) is 42.5 Å². The van der Waals surface area contributed by atoms with Crippen molar-refractivity contribution in [2.45, 2.75) is 94.2 Å². The lowest BCUT2D eigenvalue weighted by Gasteiger charge is -2.26. The van der Waals surface area contributed by atoms with Gasteiger partial charge < -0.3 is 9.47 Å². The standard InChI is InChI=1S/C38H34F6O3S2/c39-36(40)32(28-20-30(24-10-4-1-5-11-24)48-34(28)46-26-12-6-2-7-13-26)33(37(41,42)38(36,43)44)29-21-31(25-18-16-23(22-45)17-19-25)49-35(29)47-27-14-8-3-9-15-27/h1,4-5,10-11,16-22,26-27H,2-3,6-9,12-15H2. The third kappa shape index (κ3) is 6.11. The van der Waals surface area contributed by atoms with Gasteiger partial charge in [-0.2, -0.15) is 26.3 Å². The first-order valence-corrected chi connectivity index (χ1v) is 18.3. The second kappa shape index (κ2) is 13.3. The van der Waals surface area contributed by atoms with Crippen molar-refractivity contribution in [3.63, 3.8) is 0 Å². The number of thiophene rings is 2. The van der Waals surface area contributed by atoms with Gasteiger partial charge in [-0.1, -0.05) is 90.1 Å². The number of allylic oxidation sites excluding steroid dienone is 2. The number of carbonyl (C=O) groups is 1. The van der Waals surface area contributed by atoms with Crippen molar-refractivity contribution < 1.29 is 40.6 Å². The summed E-state index contributed by atoms with van der Waals surface area (Å²) in [5.41, 5.74) is -2.35. The summed E-state index contributed by atoms with van der Waals surface area (Å²) in [7, 11) is 0. The molecule has 4 aromatic rings. The minimum atomic E-state index is -5.74. The molecule has 2 aromatic carbocycles. The molecule has 3 aliphatic rings. The normalized spacial score (nSPS) is 20.8. The molecule has 0 unspecified atom stereocenters. The second-order valence-electron chi connectivity index (χ2n) is 13.0. The van der Waals surface area contributed by atoms with Gasteiger partial charge in [0.15, 0.2) is 10.1 Å². The Bertz CT molecular complexity index is 1830. The van der Waals surface area contributed by atoms with Crippen LogP contribution < -0.4 is 9.47 Å². The summed E-state index contributed by atoms with van der Waals surface area (Å²) in [5, 5.41) is -0.198. The van der Waals surface area contributed by atoms with Gasteiger partial charge in [-0.15, -0.1) is 0 Å². The van der Waals surface area contributed by atoms with Crippen molar-refractivity contribution >= 4 is 40.1 Å². The van der Waals surface area contributed by atoms with Crippen LogP contribution in [0.25, 0.3) is 32.0 Å². The highest BCUT2D eigenvalue weighted by Crippen LogP contribution is 2.67. The summed E-state index contributed by atoms with van der Waals surface area (Å²) in [6, 6.07) is 17.5. The van der Waals surface area contributed by atoms with Crippen LogP contribution in [0.2, 0.25) is 0 Å². The summed E-state index contributed by atoms with van der Waals surface area (Å²) in [5.74, 6) is -16.2. The van der Waals surface area contributed by atoms with E-state index < -0.39 is 40.0 Å². The monoisotopic (exact) mass is 716 g/mol. The third-order valence-electron chi connectivity index (χ3n) is 9.64. The zero-order valence-electron chi connectivity index (χ0n) is 26.5. The average molecular weight is 717 g/mol. The van der Waals surface area contributed by atoms with Crippen molar-refractivity contribution in [1.82, 2.24) is 0 Å². The predicted octanol–water partition coefficient (Wildman–Crippen LogP) is 12.2. The summed E-state index contributed by atoms with van der Waals surface area (Å²) < 4.78 is 109. The van der Waals surface area contributed by atoms with Crippen molar-refractivity contribution in [2.24, 2.45) is 0 Å². The number of aldehydes is 1. The van der Waals surface area contributed by atoms with Crippen molar-refractivity contribution in [3.05, 3.63) is 83.4 Å². The molecule has 258 valence electrons. The van der Waals surface area contributed by atoms with Gasteiger partial charge in [-0.25, -0.2) is 0 Å². The Morgan fingerprint density at radius 1 is 0.592 bits per heavy atom. The first-order chi connectivity index (χ1) is 23.5. The Kier molecular flexibility index (Phi) is 9.19. The Balaban J connectivity index is 1.46. The summed E-state index contributed by atoms with van der Waals surface area (Å²) in [6.45, 7) is 0. The van der Waals surface area contributed by atoms with E-state index in [2.05, 4.69) is 0 Å². The fourth-order valence-corrected chi connectivity index (χ4v) is 9.16. The minimum Gasteiger partial charge on any atom is -0.480 e. The highest BCUT2D eigenvalue weighted by molar-refractivity contribution is 7.18. The zero-order chi connectivity index (χ0) is 34.4. The zero-order valence-corrected chi connectivity index (χ0v) is 28.1. The van der Waals surface area contributed by atoms with Gasteiger partial charge in [-0.05, 0) is 74.6 Å².